The second kappa shape index (κ2) is 6.60. The van der Waals surface area contributed by atoms with Gasteiger partial charge in [-0.25, -0.2) is 4.98 Å². The number of aliphatic hydroxyl groups is 1. The zero-order chi connectivity index (χ0) is 12.0. The molecule has 5 heteroatoms. The van der Waals surface area contributed by atoms with Gasteiger partial charge < -0.3 is 10.4 Å². The lowest BCUT2D eigenvalue weighted by molar-refractivity contribution is 0.0937. The minimum Gasteiger partial charge on any atom is -0.393 e. The van der Waals surface area contributed by atoms with Crippen LogP contribution in [0.5, 0.6) is 0 Å². The molecule has 2 N–H and O–H groups in total. The number of hydrogen-bond acceptors (Lipinski definition) is 3. The molecule has 1 amide bonds. The fraction of sp³-hybridized carbons (Fsp3) is 0.455. The van der Waals surface area contributed by atoms with E-state index < -0.39 is 0 Å². The third-order valence-electron chi connectivity index (χ3n) is 2.19. The van der Waals surface area contributed by atoms with Crippen LogP contribution in [0.4, 0.5) is 0 Å². The Balaban J connectivity index is 2.38. The van der Waals surface area contributed by atoms with Gasteiger partial charge in [0.05, 0.1) is 6.10 Å². The highest BCUT2D eigenvalue weighted by atomic mass is 79.9. The second-order valence-electron chi connectivity index (χ2n) is 3.47. The first-order valence-corrected chi connectivity index (χ1v) is 6.00. The summed E-state index contributed by atoms with van der Waals surface area (Å²) in [5.74, 6) is -0.212. The molecular formula is C11H15BrN2O2. The number of carbonyl (C=O) groups is 1. The molecule has 1 unspecified atom stereocenters. The number of aliphatic hydroxyl groups excluding tert-OH is 1. The van der Waals surface area contributed by atoms with E-state index in [2.05, 4.69) is 26.2 Å². The first-order chi connectivity index (χ1) is 7.63. The molecule has 0 aromatic carbocycles. The monoisotopic (exact) mass is 286 g/mol. The van der Waals surface area contributed by atoms with Crippen LogP contribution in [0.15, 0.2) is 22.8 Å². The van der Waals surface area contributed by atoms with Crippen molar-refractivity contribution in [2.24, 2.45) is 0 Å². The van der Waals surface area contributed by atoms with E-state index in [0.29, 0.717) is 25.1 Å². The first kappa shape index (κ1) is 13.1. The molecule has 0 bridgehead atoms. The van der Waals surface area contributed by atoms with Crippen molar-refractivity contribution in [1.82, 2.24) is 10.3 Å². The van der Waals surface area contributed by atoms with Gasteiger partial charge in [0.25, 0.3) is 5.91 Å². The van der Waals surface area contributed by atoms with Crippen molar-refractivity contribution in [3.05, 3.63) is 28.5 Å². The molecule has 0 radical (unpaired) electrons. The molecule has 88 valence electrons. The van der Waals surface area contributed by atoms with Crippen molar-refractivity contribution >= 4 is 21.8 Å². The summed E-state index contributed by atoms with van der Waals surface area (Å²) in [5.41, 5.74) is 0.384. The number of nitrogens with zero attached hydrogens (tertiary/aromatic N) is 1. The highest BCUT2D eigenvalue weighted by Gasteiger charge is 2.07. The molecule has 0 spiro atoms. The van der Waals surface area contributed by atoms with Crippen molar-refractivity contribution in [2.75, 3.05) is 6.54 Å². The number of amides is 1. The number of carbonyl (C=O) groups excluding carboxylic acids is 1. The van der Waals surface area contributed by atoms with Gasteiger partial charge in [0, 0.05) is 17.2 Å². The van der Waals surface area contributed by atoms with Crippen LogP contribution in [-0.4, -0.2) is 28.6 Å². The number of aromatic nitrogens is 1. The quantitative estimate of drug-likeness (QED) is 0.867. The van der Waals surface area contributed by atoms with Gasteiger partial charge in [0.15, 0.2) is 0 Å². The fourth-order valence-corrected chi connectivity index (χ4v) is 1.39. The molecule has 16 heavy (non-hydrogen) atoms. The minimum absolute atomic E-state index is 0.212. The Bertz CT molecular complexity index is 340. The largest absolute Gasteiger partial charge is 0.393 e. The molecule has 0 aliphatic carbocycles. The van der Waals surface area contributed by atoms with Gasteiger partial charge in [-0.2, -0.15) is 0 Å². The molecule has 4 nitrogen and oxygen atoms in total. The lowest BCUT2D eigenvalue weighted by Gasteiger charge is -2.08. The molecule has 1 rings (SSSR count). The van der Waals surface area contributed by atoms with E-state index in [4.69, 9.17) is 0 Å². The van der Waals surface area contributed by atoms with E-state index in [1.807, 2.05) is 6.92 Å². The summed E-state index contributed by atoms with van der Waals surface area (Å²) < 4.78 is 0.838. The predicted molar refractivity (Wildman–Crippen MR) is 65.2 cm³/mol. The van der Waals surface area contributed by atoms with Crippen molar-refractivity contribution in [3.8, 4) is 0 Å². The van der Waals surface area contributed by atoms with Gasteiger partial charge >= 0.3 is 0 Å². The molecule has 1 atom stereocenters. The van der Waals surface area contributed by atoms with Gasteiger partial charge in [0.1, 0.15) is 5.69 Å². The Kier molecular flexibility index (Phi) is 5.42. The zero-order valence-electron chi connectivity index (χ0n) is 9.11. The summed E-state index contributed by atoms with van der Waals surface area (Å²) in [4.78, 5) is 15.5. The third kappa shape index (κ3) is 4.28. The summed E-state index contributed by atoms with van der Waals surface area (Å²) in [7, 11) is 0. The Morgan fingerprint density at radius 3 is 2.94 bits per heavy atom. The van der Waals surface area contributed by atoms with Gasteiger partial charge in [-0.1, -0.05) is 6.92 Å². The van der Waals surface area contributed by atoms with Crippen LogP contribution in [0.2, 0.25) is 0 Å². The SMILES string of the molecule is CCC(O)CCNC(=O)c1ccc(Br)cn1. The molecule has 0 saturated carbocycles. The fourth-order valence-electron chi connectivity index (χ4n) is 1.16. The van der Waals surface area contributed by atoms with E-state index in [9.17, 15) is 9.90 Å². The average molecular weight is 287 g/mol. The Labute approximate surface area is 103 Å². The van der Waals surface area contributed by atoms with Crippen molar-refractivity contribution < 1.29 is 9.90 Å². The number of hydrogen-bond donors (Lipinski definition) is 2. The van der Waals surface area contributed by atoms with Crippen molar-refractivity contribution in [2.45, 2.75) is 25.9 Å². The molecule has 0 fully saturated rings. The third-order valence-corrected chi connectivity index (χ3v) is 2.66. The minimum atomic E-state index is -0.349. The maximum atomic E-state index is 11.6. The number of halogens is 1. The highest BCUT2D eigenvalue weighted by Crippen LogP contribution is 2.07. The van der Waals surface area contributed by atoms with Gasteiger partial charge in [-0.3, -0.25) is 4.79 Å². The average Bonchev–Trinajstić information content (AvgIpc) is 2.29. The van der Waals surface area contributed by atoms with E-state index in [1.165, 1.54) is 0 Å². The maximum Gasteiger partial charge on any atom is 0.269 e. The van der Waals surface area contributed by atoms with Crippen LogP contribution >= 0.6 is 15.9 Å². The maximum absolute atomic E-state index is 11.6. The van der Waals surface area contributed by atoms with Gasteiger partial charge in [0.2, 0.25) is 0 Å². The molecule has 1 heterocycles. The lowest BCUT2D eigenvalue weighted by atomic mass is 10.2. The Hall–Kier alpha value is -0.940. The summed E-state index contributed by atoms with van der Waals surface area (Å²) in [6.07, 6.45) is 2.50. The zero-order valence-corrected chi connectivity index (χ0v) is 10.7. The molecular weight excluding hydrogens is 272 g/mol. The molecule has 1 aromatic rings. The molecule has 0 aliphatic rings. The van der Waals surface area contributed by atoms with E-state index >= 15 is 0 Å². The van der Waals surface area contributed by atoms with Crippen molar-refractivity contribution in [3.63, 3.8) is 0 Å². The normalized spacial score (nSPS) is 12.2. The highest BCUT2D eigenvalue weighted by molar-refractivity contribution is 9.10. The summed E-state index contributed by atoms with van der Waals surface area (Å²) in [6.45, 7) is 2.37. The lowest BCUT2D eigenvalue weighted by Crippen LogP contribution is -2.27. The first-order valence-electron chi connectivity index (χ1n) is 5.21. The molecule has 0 aliphatic heterocycles. The Morgan fingerprint density at radius 1 is 1.62 bits per heavy atom. The summed E-state index contributed by atoms with van der Waals surface area (Å²) in [6, 6.07) is 3.42. The summed E-state index contributed by atoms with van der Waals surface area (Å²) >= 11 is 3.25. The number of pyridine rings is 1. The van der Waals surface area contributed by atoms with E-state index in [0.717, 1.165) is 4.47 Å². The predicted octanol–water partition coefficient (Wildman–Crippen LogP) is 1.73. The standard InChI is InChI=1S/C11H15BrN2O2/c1-2-9(15)5-6-13-11(16)10-4-3-8(12)7-14-10/h3-4,7,9,15H,2,5-6H2,1H3,(H,13,16). The van der Waals surface area contributed by atoms with Crippen LogP contribution in [0.1, 0.15) is 30.3 Å². The van der Waals surface area contributed by atoms with E-state index in [-0.39, 0.29) is 12.0 Å². The number of nitrogens with one attached hydrogen (secondary N) is 1. The number of rotatable bonds is 5. The van der Waals surface area contributed by atoms with Crippen LogP contribution in [0.25, 0.3) is 0 Å². The van der Waals surface area contributed by atoms with Crippen LogP contribution < -0.4 is 5.32 Å². The molecule has 0 saturated heterocycles. The van der Waals surface area contributed by atoms with E-state index in [1.54, 1.807) is 18.3 Å². The topological polar surface area (TPSA) is 62.2 Å². The summed E-state index contributed by atoms with van der Waals surface area (Å²) in [5, 5.41) is 12.0. The second-order valence-corrected chi connectivity index (χ2v) is 4.38. The van der Waals surface area contributed by atoms with Crippen molar-refractivity contribution in [1.29, 1.82) is 0 Å². The van der Waals surface area contributed by atoms with Crippen LogP contribution in [0.3, 0.4) is 0 Å². The van der Waals surface area contributed by atoms with Crippen LogP contribution in [-0.2, 0) is 0 Å². The smallest absolute Gasteiger partial charge is 0.269 e. The van der Waals surface area contributed by atoms with Gasteiger partial charge in [-0.15, -0.1) is 0 Å². The molecule has 1 aromatic heterocycles. The van der Waals surface area contributed by atoms with Crippen LogP contribution in [0, 0.1) is 0 Å². The van der Waals surface area contributed by atoms with Gasteiger partial charge in [-0.05, 0) is 40.9 Å². The Morgan fingerprint density at radius 2 is 2.38 bits per heavy atom.